The summed E-state index contributed by atoms with van der Waals surface area (Å²) >= 11 is 1.90. The molecule has 0 saturated carbocycles. The van der Waals surface area contributed by atoms with Gasteiger partial charge in [0.25, 0.3) is 0 Å². The molecule has 0 aliphatic heterocycles. The Morgan fingerprint density at radius 2 is 2.00 bits per heavy atom. The molecule has 0 aliphatic carbocycles. The van der Waals surface area contributed by atoms with Crippen molar-refractivity contribution in [2.45, 2.75) is 40.2 Å². The van der Waals surface area contributed by atoms with E-state index >= 15 is 0 Å². The number of thiophene rings is 1. The molecule has 0 bridgehead atoms. The van der Waals surface area contributed by atoms with Gasteiger partial charge in [0.2, 0.25) is 0 Å². The Balaban J connectivity index is 1.97. The van der Waals surface area contributed by atoms with Crippen molar-refractivity contribution in [3.8, 4) is 0 Å². The zero-order chi connectivity index (χ0) is 12.5. The van der Waals surface area contributed by atoms with Crippen LogP contribution in [0.15, 0.2) is 12.1 Å². The number of hydrogen-bond donors (Lipinski definition) is 1. The van der Waals surface area contributed by atoms with Crippen LogP contribution in [0, 0.1) is 5.92 Å². The highest BCUT2D eigenvalue weighted by molar-refractivity contribution is 7.11. The van der Waals surface area contributed by atoms with Gasteiger partial charge in [-0.2, -0.15) is 0 Å². The van der Waals surface area contributed by atoms with E-state index in [1.54, 1.807) is 0 Å². The summed E-state index contributed by atoms with van der Waals surface area (Å²) in [5.41, 5.74) is 0. The van der Waals surface area contributed by atoms with Gasteiger partial charge in [0.15, 0.2) is 0 Å². The zero-order valence-corrected chi connectivity index (χ0v) is 12.1. The van der Waals surface area contributed by atoms with E-state index in [2.05, 4.69) is 38.2 Å². The Morgan fingerprint density at radius 1 is 1.24 bits per heavy atom. The molecule has 0 aromatic carbocycles. The smallest absolute Gasteiger partial charge is 0.0591 e. The van der Waals surface area contributed by atoms with Crippen molar-refractivity contribution in [2.24, 2.45) is 5.92 Å². The molecule has 0 amide bonds. The first-order valence-corrected chi connectivity index (χ1v) is 7.40. The monoisotopic (exact) mass is 255 g/mol. The molecular weight excluding hydrogens is 230 g/mol. The quantitative estimate of drug-likeness (QED) is 0.682. The van der Waals surface area contributed by atoms with Crippen LogP contribution in [0.2, 0.25) is 0 Å². The summed E-state index contributed by atoms with van der Waals surface area (Å²) in [5, 5.41) is 3.41. The van der Waals surface area contributed by atoms with Gasteiger partial charge in [0.1, 0.15) is 0 Å². The van der Waals surface area contributed by atoms with Gasteiger partial charge in [-0.3, -0.25) is 0 Å². The van der Waals surface area contributed by atoms with Gasteiger partial charge in [0, 0.05) is 29.5 Å². The molecule has 2 nitrogen and oxygen atoms in total. The fourth-order valence-corrected chi connectivity index (χ4v) is 2.41. The Labute approximate surface area is 109 Å². The highest BCUT2D eigenvalue weighted by atomic mass is 32.1. The van der Waals surface area contributed by atoms with Crippen LogP contribution in [-0.2, 0) is 17.7 Å². The highest BCUT2D eigenvalue weighted by Gasteiger charge is 1.98. The summed E-state index contributed by atoms with van der Waals surface area (Å²) in [6.07, 6.45) is 2.30. The second-order valence-corrected chi connectivity index (χ2v) is 5.95. The molecule has 1 N–H and O–H groups in total. The van der Waals surface area contributed by atoms with Crippen LogP contribution in [0.3, 0.4) is 0 Å². The molecule has 0 unspecified atom stereocenters. The Hall–Kier alpha value is -0.380. The van der Waals surface area contributed by atoms with E-state index in [4.69, 9.17) is 4.74 Å². The largest absolute Gasteiger partial charge is 0.380 e. The topological polar surface area (TPSA) is 21.3 Å². The summed E-state index contributed by atoms with van der Waals surface area (Å²) in [5.74, 6) is 0.738. The van der Waals surface area contributed by atoms with Gasteiger partial charge in [-0.1, -0.05) is 20.8 Å². The predicted octanol–water partition coefficient (Wildman–Crippen LogP) is 3.46. The van der Waals surface area contributed by atoms with Crippen LogP contribution in [0.5, 0.6) is 0 Å². The van der Waals surface area contributed by atoms with Gasteiger partial charge >= 0.3 is 0 Å². The third-order valence-electron chi connectivity index (χ3n) is 2.63. The van der Waals surface area contributed by atoms with Gasteiger partial charge in [-0.05, 0) is 30.9 Å². The summed E-state index contributed by atoms with van der Waals surface area (Å²) in [7, 11) is 0. The van der Waals surface area contributed by atoms with E-state index in [1.807, 2.05) is 11.3 Å². The fourth-order valence-electron chi connectivity index (χ4n) is 1.48. The molecule has 1 aromatic heterocycles. The minimum atomic E-state index is 0.738. The SMILES string of the molecule is CCc1ccc(CNCCOCCC(C)C)s1. The third kappa shape index (κ3) is 6.81. The minimum Gasteiger partial charge on any atom is -0.380 e. The summed E-state index contributed by atoms with van der Waals surface area (Å²) in [6.45, 7) is 10.3. The van der Waals surface area contributed by atoms with E-state index in [1.165, 1.54) is 9.75 Å². The molecule has 17 heavy (non-hydrogen) atoms. The highest BCUT2D eigenvalue weighted by Crippen LogP contribution is 2.16. The first-order valence-electron chi connectivity index (χ1n) is 6.58. The fraction of sp³-hybridized carbons (Fsp3) is 0.714. The van der Waals surface area contributed by atoms with E-state index in [0.29, 0.717) is 0 Å². The van der Waals surface area contributed by atoms with Crippen LogP contribution in [0.4, 0.5) is 0 Å². The number of aryl methyl sites for hydroxylation is 1. The lowest BCUT2D eigenvalue weighted by Crippen LogP contribution is -2.19. The molecule has 0 aliphatic rings. The molecule has 1 heterocycles. The van der Waals surface area contributed by atoms with Crippen molar-refractivity contribution >= 4 is 11.3 Å². The molecule has 0 radical (unpaired) electrons. The lowest BCUT2D eigenvalue weighted by atomic mass is 10.1. The van der Waals surface area contributed by atoms with Crippen molar-refractivity contribution < 1.29 is 4.74 Å². The maximum Gasteiger partial charge on any atom is 0.0591 e. The molecule has 98 valence electrons. The van der Waals surface area contributed by atoms with E-state index in [0.717, 1.165) is 45.1 Å². The minimum absolute atomic E-state index is 0.738. The van der Waals surface area contributed by atoms with Gasteiger partial charge < -0.3 is 10.1 Å². The molecule has 0 saturated heterocycles. The average molecular weight is 255 g/mol. The number of ether oxygens (including phenoxy) is 1. The van der Waals surface area contributed by atoms with Gasteiger partial charge in [-0.25, -0.2) is 0 Å². The first kappa shape index (κ1) is 14.7. The van der Waals surface area contributed by atoms with Crippen LogP contribution in [0.1, 0.15) is 36.9 Å². The van der Waals surface area contributed by atoms with E-state index < -0.39 is 0 Å². The number of nitrogens with one attached hydrogen (secondary N) is 1. The maximum atomic E-state index is 5.55. The standard InChI is InChI=1S/C14H25NOS/c1-4-13-5-6-14(17-13)11-15-8-10-16-9-7-12(2)3/h5-6,12,15H,4,7-11H2,1-3H3. The lowest BCUT2D eigenvalue weighted by Gasteiger charge is -2.06. The second kappa shape index (κ2) is 8.67. The van der Waals surface area contributed by atoms with Crippen molar-refractivity contribution in [3.63, 3.8) is 0 Å². The van der Waals surface area contributed by atoms with E-state index in [9.17, 15) is 0 Å². The zero-order valence-electron chi connectivity index (χ0n) is 11.3. The molecule has 0 spiro atoms. The summed E-state index contributed by atoms with van der Waals surface area (Å²) < 4.78 is 5.55. The number of rotatable bonds is 9. The van der Waals surface area contributed by atoms with Gasteiger partial charge in [-0.15, -0.1) is 11.3 Å². The van der Waals surface area contributed by atoms with Crippen LogP contribution < -0.4 is 5.32 Å². The predicted molar refractivity (Wildman–Crippen MR) is 75.7 cm³/mol. The number of hydrogen-bond acceptors (Lipinski definition) is 3. The molecule has 3 heteroatoms. The molecule has 1 aromatic rings. The molecular formula is C14H25NOS. The Kier molecular flexibility index (Phi) is 7.49. The third-order valence-corrected chi connectivity index (χ3v) is 3.86. The maximum absolute atomic E-state index is 5.55. The van der Waals surface area contributed by atoms with Gasteiger partial charge in [0.05, 0.1) is 6.61 Å². The summed E-state index contributed by atoms with van der Waals surface area (Å²) in [6, 6.07) is 4.44. The molecule has 0 atom stereocenters. The first-order chi connectivity index (χ1) is 8.22. The van der Waals surface area contributed by atoms with Crippen molar-refractivity contribution in [3.05, 3.63) is 21.9 Å². The van der Waals surface area contributed by atoms with E-state index in [-0.39, 0.29) is 0 Å². The Morgan fingerprint density at radius 3 is 2.65 bits per heavy atom. The average Bonchev–Trinajstić information content (AvgIpc) is 2.75. The van der Waals surface area contributed by atoms with Crippen LogP contribution >= 0.6 is 11.3 Å². The molecule has 1 rings (SSSR count). The van der Waals surface area contributed by atoms with Crippen molar-refractivity contribution in [1.82, 2.24) is 5.32 Å². The second-order valence-electron chi connectivity index (χ2n) is 4.69. The lowest BCUT2D eigenvalue weighted by molar-refractivity contribution is 0.125. The van der Waals surface area contributed by atoms with Crippen LogP contribution in [-0.4, -0.2) is 19.8 Å². The Bertz CT molecular complexity index is 296. The van der Waals surface area contributed by atoms with Crippen molar-refractivity contribution in [2.75, 3.05) is 19.8 Å². The summed E-state index contributed by atoms with van der Waals surface area (Å²) in [4.78, 5) is 2.89. The van der Waals surface area contributed by atoms with Crippen LogP contribution in [0.25, 0.3) is 0 Å². The van der Waals surface area contributed by atoms with Crippen molar-refractivity contribution in [1.29, 1.82) is 0 Å². The normalized spacial score (nSPS) is 11.3. The molecule has 0 fully saturated rings.